The molecule has 2 aromatic rings. The summed E-state index contributed by atoms with van der Waals surface area (Å²) in [5.74, 6) is -0.517. The maximum absolute atomic E-state index is 11.5. The second-order valence-corrected chi connectivity index (χ2v) is 3.83. The minimum absolute atomic E-state index is 0.0349. The van der Waals surface area contributed by atoms with E-state index in [1.807, 2.05) is 0 Å². The Bertz CT molecular complexity index is 663. The van der Waals surface area contributed by atoms with Gasteiger partial charge in [0, 0.05) is 6.92 Å². The first kappa shape index (κ1) is 13.7. The first-order chi connectivity index (χ1) is 9.56. The van der Waals surface area contributed by atoms with Crippen molar-refractivity contribution < 1.29 is 23.5 Å². The highest BCUT2D eigenvalue weighted by molar-refractivity contribution is 5.90. The van der Waals surface area contributed by atoms with Crippen LogP contribution in [0, 0.1) is 0 Å². The van der Waals surface area contributed by atoms with Gasteiger partial charge in [0.1, 0.15) is 29.1 Å². The van der Waals surface area contributed by atoms with Crippen LogP contribution in [0.25, 0.3) is 11.4 Å². The molecule has 2 aromatic heterocycles. The zero-order valence-corrected chi connectivity index (χ0v) is 11.2. The molecule has 2 heterocycles. The molecule has 0 aliphatic heterocycles. The summed E-state index contributed by atoms with van der Waals surface area (Å²) in [5, 5.41) is 0. The van der Waals surface area contributed by atoms with Crippen LogP contribution in [0.1, 0.15) is 28.1 Å². The molecule has 7 heteroatoms. The van der Waals surface area contributed by atoms with Gasteiger partial charge in [0.25, 0.3) is 5.89 Å². The molecular weight excluding hydrogens is 264 g/mol. The van der Waals surface area contributed by atoms with E-state index in [2.05, 4.69) is 14.7 Å². The van der Waals surface area contributed by atoms with Crippen molar-refractivity contribution in [2.45, 2.75) is 6.92 Å². The van der Waals surface area contributed by atoms with Gasteiger partial charge in [0.15, 0.2) is 0 Å². The number of hydrogen-bond acceptors (Lipinski definition) is 7. The van der Waals surface area contributed by atoms with Crippen molar-refractivity contribution >= 4 is 11.8 Å². The Morgan fingerprint density at radius 3 is 2.50 bits per heavy atom. The second kappa shape index (κ2) is 5.52. The molecule has 0 saturated heterocycles. The highest BCUT2D eigenvalue weighted by Crippen LogP contribution is 2.27. The molecule has 0 N–H and O–H groups in total. The fourth-order valence-electron chi connectivity index (χ4n) is 1.56. The fraction of sp³-hybridized carbons (Fsp3) is 0.231. The van der Waals surface area contributed by atoms with Crippen LogP contribution in [0.2, 0.25) is 0 Å². The van der Waals surface area contributed by atoms with Crippen LogP contribution in [-0.2, 0) is 4.74 Å². The van der Waals surface area contributed by atoms with Crippen LogP contribution in [0.3, 0.4) is 0 Å². The molecule has 0 atom stereocenters. The van der Waals surface area contributed by atoms with Crippen molar-refractivity contribution in [1.82, 2.24) is 9.97 Å². The van der Waals surface area contributed by atoms with Crippen LogP contribution in [-0.4, -0.2) is 35.9 Å². The van der Waals surface area contributed by atoms with E-state index >= 15 is 0 Å². The van der Waals surface area contributed by atoms with Crippen molar-refractivity contribution in [3.05, 3.63) is 30.0 Å². The number of methoxy groups -OCH3 is 2. The Balaban J connectivity index is 2.51. The average Bonchev–Trinajstić information content (AvgIpc) is 2.95. The number of carbonyl (C=O) groups is 2. The molecule has 0 aromatic carbocycles. The SMILES string of the molecule is COC(=O)c1ccc(OC)c(-c2coc(C(C)=O)n2)n1. The largest absolute Gasteiger partial charge is 0.494 e. The van der Waals surface area contributed by atoms with Gasteiger partial charge in [-0.3, -0.25) is 4.79 Å². The van der Waals surface area contributed by atoms with Gasteiger partial charge < -0.3 is 13.9 Å². The quantitative estimate of drug-likeness (QED) is 0.620. The highest BCUT2D eigenvalue weighted by atomic mass is 16.5. The Morgan fingerprint density at radius 1 is 1.20 bits per heavy atom. The van der Waals surface area contributed by atoms with Gasteiger partial charge in [-0.05, 0) is 12.1 Å². The number of nitrogens with zero attached hydrogens (tertiary/aromatic N) is 2. The van der Waals surface area contributed by atoms with Crippen LogP contribution in [0.4, 0.5) is 0 Å². The third-order valence-electron chi connectivity index (χ3n) is 2.52. The molecule has 20 heavy (non-hydrogen) atoms. The monoisotopic (exact) mass is 276 g/mol. The summed E-state index contributed by atoms with van der Waals surface area (Å²) in [5.41, 5.74) is 0.708. The topological polar surface area (TPSA) is 91.5 Å². The van der Waals surface area contributed by atoms with Crippen molar-refractivity contribution in [2.75, 3.05) is 14.2 Å². The van der Waals surface area contributed by atoms with Crippen molar-refractivity contribution in [3.8, 4) is 17.1 Å². The molecule has 0 saturated carbocycles. The number of Topliss-reactive ketones (excluding diaryl/α,β-unsaturated/α-hetero) is 1. The predicted molar refractivity (Wildman–Crippen MR) is 67.6 cm³/mol. The number of pyridine rings is 1. The van der Waals surface area contributed by atoms with Gasteiger partial charge in [0.05, 0.1) is 14.2 Å². The molecule has 0 aliphatic carbocycles. The third-order valence-corrected chi connectivity index (χ3v) is 2.52. The standard InChI is InChI=1S/C13H12N2O5/c1-7(16)12-15-9(6-20-12)11-10(18-2)5-4-8(14-11)13(17)19-3/h4-6H,1-3H3. The lowest BCUT2D eigenvalue weighted by Gasteiger charge is -2.06. The lowest BCUT2D eigenvalue weighted by molar-refractivity contribution is 0.0594. The van der Waals surface area contributed by atoms with E-state index in [9.17, 15) is 9.59 Å². The molecule has 104 valence electrons. The molecule has 2 rings (SSSR count). The summed E-state index contributed by atoms with van der Waals surface area (Å²) in [4.78, 5) is 30.8. The number of ketones is 1. The lowest BCUT2D eigenvalue weighted by Crippen LogP contribution is -2.06. The third kappa shape index (κ3) is 2.51. The summed E-state index contributed by atoms with van der Waals surface area (Å²) < 4.78 is 14.8. The number of esters is 1. The normalized spacial score (nSPS) is 10.2. The summed E-state index contributed by atoms with van der Waals surface area (Å²) in [6.45, 7) is 1.34. The maximum Gasteiger partial charge on any atom is 0.356 e. The van der Waals surface area contributed by atoms with Crippen LogP contribution >= 0.6 is 0 Å². The average molecular weight is 276 g/mol. The molecule has 0 radical (unpaired) electrons. The lowest BCUT2D eigenvalue weighted by atomic mass is 10.2. The van der Waals surface area contributed by atoms with Crippen molar-refractivity contribution in [2.24, 2.45) is 0 Å². The van der Waals surface area contributed by atoms with Gasteiger partial charge in [-0.1, -0.05) is 0 Å². The Hall–Kier alpha value is -2.70. The number of carbonyl (C=O) groups excluding carboxylic acids is 2. The maximum atomic E-state index is 11.5. The van der Waals surface area contributed by atoms with E-state index in [1.54, 1.807) is 6.07 Å². The smallest absolute Gasteiger partial charge is 0.356 e. The van der Waals surface area contributed by atoms with Gasteiger partial charge in [0.2, 0.25) is 5.78 Å². The van der Waals surface area contributed by atoms with Gasteiger partial charge in [-0.2, -0.15) is 0 Å². The molecular formula is C13H12N2O5. The van der Waals surface area contributed by atoms with Gasteiger partial charge in [-0.25, -0.2) is 14.8 Å². The second-order valence-electron chi connectivity index (χ2n) is 3.83. The van der Waals surface area contributed by atoms with E-state index in [0.29, 0.717) is 17.1 Å². The summed E-state index contributed by atoms with van der Waals surface area (Å²) in [6, 6.07) is 3.04. The molecule has 0 unspecified atom stereocenters. The van der Waals surface area contributed by atoms with Gasteiger partial charge in [-0.15, -0.1) is 0 Å². The molecule has 0 bridgehead atoms. The fourth-order valence-corrected chi connectivity index (χ4v) is 1.56. The van der Waals surface area contributed by atoms with Gasteiger partial charge >= 0.3 is 5.97 Å². The van der Waals surface area contributed by atoms with E-state index in [-0.39, 0.29) is 17.4 Å². The summed E-state index contributed by atoms with van der Waals surface area (Å²) in [7, 11) is 2.72. The minimum Gasteiger partial charge on any atom is -0.494 e. The van der Waals surface area contributed by atoms with E-state index in [1.165, 1.54) is 33.5 Å². The number of oxazole rings is 1. The summed E-state index contributed by atoms with van der Waals surface area (Å²) in [6.07, 6.45) is 1.28. The number of hydrogen-bond donors (Lipinski definition) is 0. The number of rotatable bonds is 4. The molecule has 0 aliphatic rings. The van der Waals surface area contributed by atoms with E-state index in [4.69, 9.17) is 9.15 Å². The number of aromatic nitrogens is 2. The van der Waals surface area contributed by atoms with E-state index < -0.39 is 5.97 Å². The Kier molecular flexibility index (Phi) is 3.79. The van der Waals surface area contributed by atoms with Crippen LogP contribution < -0.4 is 4.74 Å². The van der Waals surface area contributed by atoms with Crippen LogP contribution in [0.5, 0.6) is 5.75 Å². The number of ether oxygens (including phenoxy) is 2. The van der Waals surface area contributed by atoms with E-state index in [0.717, 1.165) is 0 Å². The first-order valence-corrected chi connectivity index (χ1v) is 5.67. The zero-order chi connectivity index (χ0) is 14.7. The molecule has 0 fully saturated rings. The minimum atomic E-state index is -0.579. The summed E-state index contributed by atoms with van der Waals surface area (Å²) >= 11 is 0. The Morgan fingerprint density at radius 2 is 1.95 bits per heavy atom. The first-order valence-electron chi connectivity index (χ1n) is 5.67. The Labute approximate surface area is 114 Å². The molecule has 7 nitrogen and oxygen atoms in total. The predicted octanol–water partition coefficient (Wildman–Crippen LogP) is 1.73. The zero-order valence-electron chi connectivity index (χ0n) is 11.2. The highest BCUT2D eigenvalue weighted by Gasteiger charge is 2.18. The molecule has 0 spiro atoms. The molecule has 0 amide bonds. The van der Waals surface area contributed by atoms with Crippen molar-refractivity contribution in [3.63, 3.8) is 0 Å². The van der Waals surface area contributed by atoms with Crippen molar-refractivity contribution in [1.29, 1.82) is 0 Å². The van der Waals surface area contributed by atoms with Crippen LogP contribution in [0.15, 0.2) is 22.8 Å².